The molecule has 3 aromatic carbocycles. The van der Waals surface area contributed by atoms with E-state index >= 15 is 0 Å². The second-order valence-corrected chi connectivity index (χ2v) is 5.32. The van der Waals surface area contributed by atoms with Gasteiger partial charge in [0.25, 0.3) is 0 Å². The van der Waals surface area contributed by atoms with Crippen molar-refractivity contribution in [1.82, 2.24) is 0 Å². The van der Waals surface area contributed by atoms with Crippen molar-refractivity contribution in [1.29, 1.82) is 0 Å². The van der Waals surface area contributed by atoms with Gasteiger partial charge in [0.2, 0.25) is 0 Å². The molecule has 3 rings (SSSR count). The molecule has 0 fully saturated rings. The Bertz CT molecular complexity index is 951. The Morgan fingerprint density at radius 1 is 0.708 bits per heavy atom. The molecule has 0 saturated heterocycles. The summed E-state index contributed by atoms with van der Waals surface area (Å²) < 4.78 is 5.20. The fraction of sp³-hybridized carbons (Fsp3) is 0.0435. The summed E-state index contributed by atoms with van der Waals surface area (Å²) in [5.74, 6) is 6.34. The highest BCUT2D eigenvalue weighted by molar-refractivity contribution is 5.80. The first-order valence-electron chi connectivity index (χ1n) is 7.58. The van der Waals surface area contributed by atoms with E-state index in [-0.39, 0.29) is 0 Å². The van der Waals surface area contributed by atoms with Crippen LogP contribution in [0.25, 0.3) is 22.3 Å². The van der Waals surface area contributed by atoms with E-state index in [1.807, 2.05) is 60.7 Å². The van der Waals surface area contributed by atoms with Gasteiger partial charge < -0.3 is 4.74 Å². The number of terminal acetylenes is 2. The number of hydrogen-bond donors (Lipinski definition) is 0. The minimum Gasteiger partial charge on any atom is -0.497 e. The van der Waals surface area contributed by atoms with Gasteiger partial charge in [0.1, 0.15) is 5.75 Å². The summed E-state index contributed by atoms with van der Waals surface area (Å²) >= 11 is 0. The zero-order chi connectivity index (χ0) is 16.9. The van der Waals surface area contributed by atoms with Crippen molar-refractivity contribution >= 4 is 0 Å². The van der Waals surface area contributed by atoms with Gasteiger partial charge in [0.15, 0.2) is 0 Å². The van der Waals surface area contributed by atoms with E-state index in [0.29, 0.717) is 0 Å². The zero-order valence-electron chi connectivity index (χ0n) is 13.4. The Balaban J connectivity index is 2.09. The molecule has 3 aromatic rings. The molecule has 0 N–H and O–H groups in total. The third-order valence-electron chi connectivity index (χ3n) is 3.97. The van der Waals surface area contributed by atoms with Gasteiger partial charge in [-0.2, -0.15) is 0 Å². The first-order chi connectivity index (χ1) is 11.8. The number of hydrogen-bond acceptors (Lipinski definition) is 1. The molecule has 0 atom stereocenters. The van der Waals surface area contributed by atoms with E-state index in [1.54, 1.807) is 7.11 Å². The summed E-state index contributed by atoms with van der Waals surface area (Å²) in [5.41, 5.74) is 5.77. The van der Waals surface area contributed by atoms with E-state index < -0.39 is 0 Å². The van der Waals surface area contributed by atoms with E-state index in [9.17, 15) is 0 Å². The van der Waals surface area contributed by atoms with Crippen LogP contribution in [0.3, 0.4) is 0 Å². The maximum absolute atomic E-state index is 5.75. The van der Waals surface area contributed by atoms with Gasteiger partial charge in [0.05, 0.1) is 7.11 Å². The molecule has 24 heavy (non-hydrogen) atoms. The normalized spacial score (nSPS) is 9.79. The zero-order valence-corrected chi connectivity index (χ0v) is 13.4. The molecule has 0 aliphatic heterocycles. The quantitative estimate of drug-likeness (QED) is 0.619. The minimum absolute atomic E-state index is 0.825. The molecule has 0 unspecified atom stereocenters. The predicted molar refractivity (Wildman–Crippen MR) is 99.7 cm³/mol. The molecule has 0 heterocycles. The molecule has 0 spiro atoms. The lowest BCUT2D eigenvalue weighted by atomic mass is 9.93. The molecule has 1 nitrogen and oxygen atoms in total. The Kier molecular flexibility index (Phi) is 4.37. The topological polar surface area (TPSA) is 9.23 Å². The van der Waals surface area contributed by atoms with E-state index in [2.05, 4.69) is 17.9 Å². The summed E-state index contributed by atoms with van der Waals surface area (Å²) in [7, 11) is 1.66. The Morgan fingerprint density at radius 3 is 2.00 bits per heavy atom. The van der Waals surface area contributed by atoms with Crippen LogP contribution in [0.2, 0.25) is 0 Å². The van der Waals surface area contributed by atoms with E-state index in [0.717, 1.165) is 39.1 Å². The lowest BCUT2D eigenvalue weighted by Crippen LogP contribution is -1.90. The minimum atomic E-state index is 0.825. The average molecular weight is 308 g/mol. The van der Waals surface area contributed by atoms with Gasteiger partial charge in [-0.05, 0) is 46.5 Å². The second-order valence-electron chi connectivity index (χ2n) is 5.32. The molecular formula is C23H16O. The SMILES string of the molecule is C#Cc1ccccc1-c1ccc(-c2ccc(OC)cc2)cc1C#C. The van der Waals surface area contributed by atoms with Crippen LogP contribution in [-0.2, 0) is 0 Å². The largest absolute Gasteiger partial charge is 0.497 e. The van der Waals surface area contributed by atoms with Crippen molar-refractivity contribution in [3.8, 4) is 52.7 Å². The summed E-state index contributed by atoms with van der Waals surface area (Å²) in [6, 6.07) is 21.8. The predicted octanol–water partition coefficient (Wildman–Crippen LogP) is 4.99. The van der Waals surface area contributed by atoms with Crippen LogP contribution in [0.4, 0.5) is 0 Å². The summed E-state index contributed by atoms with van der Waals surface area (Å²) in [6.45, 7) is 0. The molecular weight excluding hydrogens is 292 g/mol. The number of benzene rings is 3. The van der Waals surface area contributed by atoms with Gasteiger partial charge in [-0.25, -0.2) is 0 Å². The van der Waals surface area contributed by atoms with Gasteiger partial charge >= 0.3 is 0 Å². The average Bonchev–Trinajstić information content (AvgIpc) is 2.67. The van der Waals surface area contributed by atoms with Gasteiger partial charge in [-0.3, -0.25) is 0 Å². The highest BCUT2D eigenvalue weighted by atomic mass is 16.5. The highest BCUT2D eigenvalue weighted by Crippen LogP contribution is 2.31. The van der Waals surface area contributed by atoms with Gasteiger partial charge in [-0.1, -0.05) is 54.3 Å². The monoisotopic (exact) mass is 308 g/mol. The molecule has 0 aliphatic carbocycles. The van der Waals surface area contributed by atoms with E-state index in [1.165, 1.54) is 0 Å². The number of ether oxygens (including phenoxy) is 1. The second kappa shape index (κ2) is 6.78. The van der Waals surface area contributed by atoms with Crippen molar-refractivity contribution in [2.45, 2.75) is 0 Å². The Morgan fingerprint density at radius 2 is 1.33 bits per heavy atom. The molecule has 0 aliphatic rings. The van der Waals surface area contributed by atoms with Crippen LogP contribution in [0.15, 0.2) is 66.7 Å². The van der Waals surface area contributed by atoms with Gasteiger partial charge in [-0.15, -0.1) is 12.8 Å². The molecule has 0 bridgehead atoms. The summed E-state index contributed by atoms with van der Waals surface area (Å²) in [5, 5.41) is 0. The molecule has 0 saturated carbocycles. The summed E-state index contributed by atoms with van der Waals surface area (Å²) in [4.78, 5) is 0. The van der Waals surface area contributed by atoms with Crippen molar-refractivity contribution < 1.29 is 4.74 Å². The van der Waals surface area contributed by atoms with Crippen LogP contribution < -0.4 is 4.74 Å². The maximum Gasteiger partial charge on any atom is 0.118 e. The molecule has 0 aromatic heterocycles. The van der Waals surface area contributed by atoms with Crippen molar-refractivity contribution in [3.63, 3.8) is 0 Å². The van der Waals surface area contributed by atoms with Crippen molar-refractivity contribution in [2.24, 2.45) is 0 Å². The van der Waals surface area contributed by atoms with Crippen LogP contribution in [0, 0.1) is 24.7 Å². The van der Waals surface area contributed by atoms with Crippen LogP contribution in [0.1, 0.15) is 11.1 Å². The number of methoxy groups -OCH3 is 1. The lowest BCUT2D eigenvalue weighted by Gasteiger charge is -2.11. The summed E-state index contributed by atoms with van der Waals surface area (Å²) in [6.07, 6.45) is 11.4. The van der Waals surface area contributed by atoms with Gasteiger partial charge in [0, 0.05) is 11.1 Å². The Labute approximate surface area is 142 Å². The third-order valence-corrected chi connectivity index (χ3v) is 3.97. The van der Waals surface area contributed by atoms with Crippen LogP contribution in [0.5, 0.6) is 5.75 Å². The molecule has 0 amide bonds. The Hall–Kier alpha value is -3.42. The maximum atomic E-state index is 5.75. The van der Waals surface area contributed by atoms with Crippen LogP contribution in [-0.4, -0.2) is 7.11 Å². The first kappa shape index (κ1) is 15.5. The number of rotatable bonds is 3. The fourth-order valence-electron chi connectivity index (χ4n) is 2.71. The smallest absolute Gasteiger partial charge is 0.118 e. The van der Waals surface area contributed by atoms with Crippen molar-refractivity contribution in [2.75, 3.05) is 7.11 Å². The van der Waals surface area contributed by atoms with E-state index in [4.69, 9.17) is 17.6 Å². The fourth-order valence-corrected chi connectivity index (χ4v) is 2.71. The van der Waals surface area contributed by atoms with Crippen LogP contribution >= 0.6 is 0 Å². The first-order valence-corrected chi connectivity index (χ1v) is 7.58. The third kappa shape index (κ3) is 2.89. The lowest BCUT2D eigenvalue weighted by molar-refractivity contribution is 0.415. The molecule has 0 radical (unpaired) electrons. The molecule has 114 valence electrons. The highest BCUT2D eigenvalue weighted by Gasteiger charge is 2.09. The van der Waals surface area contributed by atoms with Crippen molar-refractivity contribution in [3.05, 3.63) is 77.9 Å². The standard InChI is InChI=1S/C23H16O/c1-4-17-8-6-7-9-22(17)23-15-12-20(16-18(23)5-2)19-10-13-21(24-3)14-11-19/h1-2,6-16H,3H3. The molecule has 1 heteroatoms.